The number of primary amides is 2. The van der Waals surface area contributed by atoms with Crippen molar-refractivity contribution < 1.29 is 14.3 Å². The summed E-state index contributed by atoms with van der Waals surface area (Å²) in [6.45, 7) is 4.15. The highest BCUT2D eigenvalue weighted by Gasteiger charge is 2.34. The maximum Gasteiger partial charge on any atom is 0.248 e. The molecule has 5 heteroatoms. The van der Waals surface area contributed by atoms with Crippen molar-refractivity contribution in [3.05, 3.63) is 29.3 Å². The molecule has 0 aliphatic carbocycles. The van der Waals surface area contributed by atoms with Gasteiger partial charge in [0.1, 0.15) is 11.9 Å². The van der Waals surface area contributed by atoms with Gasteiger partial charge in [-0.25, -0.2) is 0 Å². The van der Waals surface area contributed by atoms with Crippen LogP contribution in [0.2, 0.25) is 0 Å². The number of amides is 2. The van der Waals surface area contributed by atoms with Gasteiger partial charge in [0.15, 0.2) is 0 Å². The third-order valence-electron chi connectivity index (χ3n) is 3.58. The molecule has 0 radical (unpaired) electrons. The normalized spacial score (nSPS) is 21.1. The number of hydrogen-bond donors (Lipinski definition) is 2. The van der Waals surface area contributed by atoms with Crippen LogP contribution in [0.1, 0.15) is 36.2 Å². The van der Waals surface area contributed by atoms with Crippen LogP contribution in [0.3, 0.4) is 0 Å². The van der Waals surface area contributed by atoms with Crippen LogP contribution in [-0.4, -0.2) is 17.9 Å². The van der Waals surface area contributed by atoms with Crippen LogP contribution >= 0.6 is 0 Å². The summed E-state index contributed by atoms with van der Waals surface area (Å²) in [6, 6.07) is 5.05. The fraction of sp³-hybridized carbons (Fsp3) is 0.467. The largest absolute Gasteiger partial charge is 0.489 e. The van der Waals surface area contributed by atoms with Crippen molar-refractivity contribution in [1.29, 1.82) is 0 Å². The van der Waals surface area contributed by atoms with E-state index in [-0.39, 0.29) is 17.9 Å². The molecule has 1 aromatic carbocycles. The number of carbonyl (C=O) groups excluding carboxylic acids is 2. The van der Waals surface area contributed by atoms with E-state index >= 15 is 0 Å². The predicted molar refractivity (Wildman–Crippen MR) is 75.2 cm³/mol. The second-order valence-electron chi connectivity index (χ2n) is 5.69. The monoisotopic (exact) mass is 276 g/mol. The molecule has 0 fully saturated rings. The van der Waals surface area contributed by atoms with E-state index in [1.54, 1.807) is 18.2 Å². The van der Waals surface area contributed by atoms with Gasteiger partial charge < -0.3 is 16.2 Å². The molecular weight excluding hydrogens is 256 g/mol. The van der Waals surface area contributed by atoms with Crippen molar-refractivity contribution in [3.63, 3.8) is 0 Å². The fourth-order valence-electron chi connectivity index (χ4n) is 2.58. The van der Waals surface area contributed by atoms with Crippen LogP contribution in [0.25, 0.3) is 0 Å². The second-order valence-corrected chi connectivity index (χ2v) is 5.69. The lowest BCUT2D eigenvalue weighted by molar-refractivity contribution is -0.125. The molecule has 4 N–H and O–H groups in total. The number of fused-ring (bicyclic) bond motifs is 1. The van der Waals surface area contributed by atoms with Crippen molar-refractivity contribution in [2.45, 2.75) is 32.8 Å². The first kappa shape index (κ1) is 14.4. The minimum absolute atomic E-state index is 0.209. The highest BCUT2D eigenvalue weighted by Crippen LogP contribution is 2.34. The standard InChI is InChI=1S/C15H20N2O3/c1-8(2)5-13-11(15(17)19)7-10-6-9(14(16)18)3-4-12(10)20-13/h3-4,6,8,11,13H,5,7H2,1-2H3,(H2,16,18)(H2,17,19). The Morgan fingerprint density at radius 3 is 2.60 bits per heavy atom. The molecule has 5 nitrogen and oxygen atoms in total. The molecule has 108 valence electrons. The highest BCUT2D eigenvalue weighted by atomic mass is 16.5. The van der Waals surface area contributed by atoms with Crippen molar-refractivity contribution in [2.24, 2.45) is 23.3 Å². The summed E-state index contributed by atoms with van der Waals surface area (Å²) in [5.74, 6) is -0.113. The first-order chi connectivity index (χ1) is 9.38. The quantitative estimate of drug-likeness (QED) is 0.866. The molecule has 2 rings (SSSR count). The molecule has 0 bridgehead atoms. The fourth-order valence-corrected chi connectivity index (χ4v) is 2.58. The average molecular weight is 276 g/mol. The molecule has 1 aromatic rings. The maximum atomic E-state index is 11.6. The summed E-state index contributed by atoms with van der Waals surface area (Å²) >= 11 is 0. The van der Waals surface area contributed by atoms with Crippen molar-refractivity contribution in [3.8, 4) is 5.75 Å². The first-order valence-electron chi connectivity index (χ1n) is 6.77. The third kappa shape index (κ3) is 2.92. The molecule has 1 heterocycles. The zero-order valence-corrected chi connectivity index (χ0v) is 11.8. The number of benzene rings is 1. The molecule has 20 heavy (non-hydrogen) atoms. The van der Waals surface area contributed by atoms with Crippen LogP contribution < -0.4 is 16.2 Å². The Labute approximate surface area is 118 Å². The number of rotatable bonds is 4. The van der Waals surface area contributed by atoms with Gasteiger partial charge in [0.2, 0.25) is 11.8 Å². The number of carbonyl (C=O) groups is 2. The third-order valence-corrected chi connectivity index (χ3v) is 3.58. The number of ether oxygens (including phenoxy) is 1. The Balaban J connectivity index is 2.32. The van der Waals surface area contributed by atoms with Gasteiger partial charge in [-0.1, -0.05) is 13.8 Å². The Kier molecular flexibility index (Phi) is 3.97. The summed E-state index contributed by atoms with van der Waals surface area (Å²) in [4.78, 5) is 22.8. The minimum atomic E-state index is -0.493. The minimum Gasteiger partial charge on any atom is -0.489 e. The van der Waals surface area contributed by atoms with Crippen molar-refractivity contribution in [1.82, 2.24) is 0 Å². The Hall–Kier alpha value is -2.04. The van der Waals surface area contributed by atoms with Crippen LogP contribution in [-0.2, 0) is 11.2 Å². The molecular formula is C15H20N2O3. The molecule has 0 saturated carbocycles. The van der Waals surface area contributed by atoms with Gasteiger partial charge in [-0.15, -0.1) is 0 Å². The lowest BCUT2D eigenvalue weighted by Crippen LogP contribution is -2.42. The van der Waals surface area contributed by atoms with Crippen LogP contribution in [0.4, 0.5) is 0 Å². The Morgan fingerprint density at radius 1 is 1.35 bits per heavy atom. The molecule has 2 atom stereocenters. The van der Waals surface area contributed by atoms with E-state index in [0.717, 1.165) is 12.0 Å². The zero-order chi connectivity index (χ0) is 14.9. The Morgan fingerprint density at radius 2 is 2.05 bits per heavy atom. The maximum absolute atomic E-state index is 11.6. The van der Waals surface area contributed by atoms with Gasteiger partial charge in [0, 0.05) is 5.56 Å². The van der Waals surface area contributed by atoms with Gasteiger partial charge in [-0.2, -0.15) is 0 Å². The summed E-state index contributed by atoms with van der Waals surface area (Å²) < 4.78 is 5.90. The SMILES string of the molecule is CC(C)CC1Oc2ccc(C(N)=O)cc2CC1C(N)=O. The smallest absolute Gasteiger partial charge is 0.248 e. The van der Waals surface area contributed by atoms with E-state index in [4.69, 9.17) is 16.2 Å². The predicted octanol–water partition coefficient (Wildman–Crippen LogP) is 1.24. The van der Waals surface area contributed by atoms with E-state index in [2.05, 4.69) is 13.8 Å². The second kappa shape index (κ2) is 5.53. The first-order valence-corrected chi connectivity index (χ1v) is 6.77. The van der Waals surface area contributed by atoms with E-state index in [1.165, 1.54) is 0 Å². The summed E-state index contributed by atoms with van der Waals surface area (Å²) in [7, 11) is 0. The van der Waals surface area contributed by atoms with Crippen molar-refractivity contribution >= 4 is 11.8 Å². The topological polar surface area (TPSA) is 95.4 Å². The van der Waals surface area contributed by atoms with E-state index in [0.29, 0.717) is 23.7 Å². The van der Waals surface area contributed by atoms with Gasteiger partial charge in [-0.3, -0.25) is 9.59 Å². The molecule has 2 unspecified atom stereocenters. The number of hydrogen-bond acceptors (Lipinski definition) is 3. The summed E-state index contributed by atoms with van der Waals surface area (Å²) in [6.07, 6.45) is 1.05. The lowest BCUT2D eigenvalue weighted by atomic mass is 9.85. The van der Waals surface area contributed by atoms with Gasteiger partial charge in [0.05, 0.1) is 5.92 Å². The van der Waals surface area contributed by atoms with Crippen LogP contribution in [0.5, 0.6) is 5.75 Å². The van der Waals surface area contributed by atoms with Crippen molar-refractivity contribution in [2.75, 3.05) is 0 Å². The zero-order valence-electron chi connectivity index (χ0n) is 11.8. The lowest BCUT2D eigenvalue weighted by Gasteiger charge is -2.33. The molecule has 0 aromatic heterocycles. The Bertz CT molecular complexity index is 540. The van der Waals surface area contributed by atoms with E-state index < -0.39 is 5.91 Å². The molecule has 1 aliphatic heterocycles. The molecule has 0 spiro atoms. The highest BCUT2D eigenvalue weighted by molar-refractivity contribution is 5.93. The molecule has 0 saturated heterocycles. The van der Waals surface area contributed by atoms with Crippen LogP contribution in [0, 0.1) is 11.8 Å². The van der Waals surface area contributed by atoms with E-state index in [9.17, 15) is 9.59 Å². The van der Waals surface area contributed by atoms with E-state index in [1.807, 2.05) is 0 Å². The van der Waals surface area contributed by atoms with Crippen LogP contribution in [0.15, 0.2) is 18.2 Å². The van der Waals surface area contributed by atoms with Gasteiger partial charge in [-0.05, 0) is 42.5 Å². The summed E-state index contributed by atoms with van der Waals surface area (Å²) in [5, 5.41) is 0. The van der Waals surface area contributed by atoms with Gasteiger partial charge >= 0.3 is 0 Å². The average Bonchev–Trinajstić information content (AvgIpc) is 2.36. The molecule has 2 amide bonds. The number of nitrogens with two attached hydrogens (primary N) is 2. The summed E-state index contributed by atoms with van der Waals surface area (Å²) in [5.41, 5.74) is 12.0. The molecule has 1 aliphatic rings. The van der Waals surface area contributed by atoms with Gasteiger partial charge in [0.25, 0.3) is 0 Å².